The molecule has 3 nitrogen and oxygen atoms in total. The summed E-state index contributed by atoms with van der Waals surface area (Å²) in [5.41, 5.74) is 1.02. The molecule has 1 aromatic carbocycles. The van der Waals surface area contributed by atoms with Gasteiger partial charge in [0.05, 0.1) is 0 Å². The Kier molecular flexibility index (Phi) is 21.4. The van der Waals surface area contributed by atoms with E-state index in [4.69, 9.17) is 4.74 Å². The fraction of sp³-hybridized carbons (Fsp3) is 0.767. The second-order valence-electron chi connectivity index (χ2n) is 9.63. The second-order valence-corrected chi connectivity index (χ2v) is 11.0. The highest BCUT2D eigenvalue weighted by Gasteiger charge is 2.06. The van der Waals surface area contributed by atoms with Gasteiger partial charge in [-0.2, -0.15) is 11.8 Å². The van der Waals surface area contributed by atoms with Crippen molar-refractivity contribution >= 4 is 17.9 Å². The van der Waals surface area contributed by atoms with Gasteiger partial charge in [0.2, 0.25) is 0 Å². The summed E-state index contributed by atoms with van der Waals surface area (Å²) >= 11 is 2.23. The van der Waals surface area contributed by atoms with Crippen LogP contribution in [-0.2, 0) is 11.3 Å². The van der Waals surface area contributed by atoms with Gasteiger partial charge in [-0.05, 0) is 37.0 Å². The van der Waals surface area contributed by atoms with E-state index in [0.29, 0.717) is 13.2 Å². The van der Waals surface area contributed by atoms with E-state index in [1.807, 2.05) is 30.3 Å². The lowest BCUT2D eigenvalue weighted by Crippen LogP contribution is -2.25. The molecule has 0 saturated heterocycles. The summed E-state index contributed by atoms with van der Waals surface area (Å²) in [4.78, 5) is 11.7. The summed E-state index contributed by atoms with van der Waals surface area (Å²) < 4.78 is 5.23. The first-order valence-electron chi connectivity index (χ1n) is 14.3. The maximum atomic E-state index is 11.7. The molecule has 0 fully saturated rings. The van der Waals surface area contributed by atoms with Gasteiger partial charge in [0.25, 0.3) is 0 Å². The molecule has 0 heterocycles. The van der Waals surface area contributed by atoms with Gasteiger partial charge in [-0.15, -0.1) is 0 Å². The van der Waals surface area contributed by atoms with Crippen LogP contribution in [0, 0.1) is 0 Å². The number of benzene rings is 1. The number of alkyl carbamates (subject to hydrolysis) is 1. The van der Waals surface area contributed by atoms with Crippen LogP contribution in [0.15, 0.2) is 30.3 Å². The third-order valence-corrected chi connectivity index (χ3v) is 8.06. The Bertz CT molecular complexity index is 566. The number of hydrogen-bond donors (Lipinski definition) is 1. The Balaban J connectivity index is 1.81. The van der Waals surface area contributed by atoms with Crippen LogP contribution >= 0.6 is 11.8 Å². The molecule has 0 aromatic heterocycles. The van der Waals surface area contributed by atoms with Crippen molar-refractivity contribution in [1.82, 2.24) is 5.32 Å². The summed E-state index contributed by atoms with van der Waals surface area (Å²) in [5.74, 6) is 1.35. The number of ether oxygens (including phenoxy) is 1. The van der Waals surface area contributed by atoms with E-state index < -0.39 is 0 Å². The molecule has 1 aromatic rings. The van der Waals surface area contributed by atoms with E-state index in [1.165, 1.54) is 108 Å². The Labute approximate surface area is 215 Å². The number of amides is 1. The predicted molar refractivity (Wildman–Crippen MR) is 151 cm³/mol. The Hall–Kier alpha value is -1.16. The zero-order valence-corrected chi connectivity index (χ0v) is 23.1. The molecule has 34 heavy (non-hydrogen) atoms. The summed E-state index contributed by atoms with van der Waals surface area (Å²) in [7, 11) is 0. The quantitative estimate of drug-likeness (QED) is 0.155. The minimum atomic E-state index is -0.311. The zero-order valence-electron chi connectivity index (χ0n) is 22.3. The van der Waals surface area contributed by atoms with Crippen molar-refractivity contribution < 1.29 is 9.53 Å². The second kappa shape index (κ2) is 23.6. The molecule has 0 aliphatic carbocycles. The number of thioether (sulfide) groups is 1. The fourth-order valence-corrected chi connectivity index (χ4v) is 5.51. The molecule has 1 atom stereocenters. The van der Waals surface area contributed by atoms with Gasteiger partial charge in [-0.3, -0.25) is 0 Å². The smallest absolute Gasteiger partial charge is 0.407 e. The van der Waals surface area contributed by atoms with Gasteiger partial charge in [-0.1, -0.05) is 128 Å². The van der Waals surface area contributed by atoms with Gasteiger partial charge in [0.15, 0.2) is 0 Å². The minimum Gasteiger partial charge on any atom is -0.445 e. The highest BCUT2D eigenvalue weighted by atomic mass is 32.2. The number of rotatable bonds is 23. The zero-order chi connectivity index (χ0) is 24.5. The first kappa shape index (κ1) is 30.9. The molecular weight excluding hydrogens is 438 g/mol. The van der Waals surface area contributed by atoms with E-state index >= 15 is 0 Å². The first-order valence-corrected chi connectivity index (χ1v) is 15.4. The molecule has 1 amide bonds. The van der Waals surface area contributed by atoms with Crippen LogP contribution in [0.2, 0.25) is 0 Å². The predicted octanol–water partition coefficient (Wildman–Crippen LogP) is 9.69. The lowest BCUT2D eigenvalue weighted by Gasteiger charge is -2.14. The topological polar surface area (TPSA) is 38.3 Å². The van der Waals surface area contributed by atoms with Gasteiger partial charge >= 0.3 is 6.09 Å². The molecule has 0 radical (unpaired) electrons. The Morgan fingerprint density at radius 3 is 2.03 bits per heavy atom. The van der Waals surface area contributed by atoms with Gasteiger partial charge in [-0.25, -0.2) is 4.79 Å². The molecular formula is C30H53NO2S. The standard InChI is InChI=1S/C30H53NO2S/c1-3-5-6-7-10-13-19-24-29(4-2)34-26-21-15-12-9-8-11-14-20-25-31-30(32)33-27-28-22-17-16-18-23-28/h16-18,22-23,29H,3-15,19-21,24-27H2,1-2H3,(H,31,32). The van der Waals surface area contributed by atoms with Crippen molar-refractivity contribution in [1.29, 1.82) is 0 Å². The molecule has 0 spiro atoms. The number of hydrogen-bond acceptors (Lipinski definition) is 3. The SMILES string of the molecule is CCCCCCCCCC(CC)SCCCCCCCCCCNC(=O)OCc1ccccc1. The average Bonchev–Trinajstić information content (AvgIpc) is 2.86. The molecule has 4 heteroatoms. The molecule has 0 aliphatic rings. The van der Waals surface area contributed by atoms with Crippen LogP contribution in [0.4, 0.5) is 4.79 Å². The van der Waals surface area contributed by atoms with Crippen LogP contribution < -0.4 is 5.32 Å². The molecule has 0 bridgehead atoms. The Morgan fingerprint density at radius 2 is 1.38 bits per heavy atom. The van der Waals surface area contributed by atoms with Crippen molar-refractivity contribution in [2.24, 2.45) is 0 Å². The first-order chi connectivity index (χ1) is 16.8. The van der Waals surface area contributed by atoms with E-state index in [1.54, 1.807) is 0 Å². The van der Waals surface area contributed by atoms with Crippen LogP contribution in [0.25, 0.3) is 0 Å². The molecule has 0 aliphatic heterocycles. The number of nitrogens with one attached hydrogen (secondary N) is 1. The highest BCUT2D eigenvalue weighted by Crippen LogP contribution is 2.23. The van der Waals surface area contributed by atoms with Crippen LogP contribution in [0.3, 0.4) is 0 Å². The van der Waals surface area contributed by atoms with Crippen molar-refractivity contribution in [3.8, 4) is 0 Å². The van der Waals surface area contributed by atoms with Crippen LogP contribution in [0.5, 0.6) is 0 Å². The largest absolute Gasteiger partial charge is 0.445 e. The highest BCUT2D eigenvalue weighted by molar-refractivity contribution is 7.99. The van der Waals surface area contributed by atoms with E-state index in [0.717, 1.165) is 17.2 Å². The van der Waals surface area contributed by atoms with E-state index in [9.17, 15) is 4.79 Å². The van der Waals surface area contributed by atoms with E-state index in [-0.39, 0.29) is 6.09 Å². The maximum absolute atomic E-state index is 11.7. The third kappa shape index (κ3) is 19.2. The lowest BCUT2D eigenvalue weighted by molar-refractivity contribution is 0.139. The fourth-order valence-electron chi connectivity index (χ4n) is 4.24. The van der Waals surface area contributed by atoms with Gasteiger partial charge in [0, 0.05) is 11.8 Å². The average molecular weight is 492 g/mol. The molecule has 1 rings (SSSR count). The minimum absolute atomic E-state index is 0.311. The summed E-state index contributed by atoms with van der Waals surface area (Å²) in [6, 6.07) is 9.80. The van der Waals surface area contributed by atoms with Crippen molar-refractivity contribution in [3.63, 3.8) is 0 Å². The summed E-state index contributed by atoms with van der Waals surface area (Å²) in [5, 5.41) is 3.74. The number of carbonyl (C=O) groups excluding carboxylic acids is 1. The van der Waals surface area contributed by atoms with E-state index in [2.05, 4.69) is 30.9 Å². The van der Waals surface area contributed by atoms with Gasteiger partial charge < -0.3 is 10.1 Å². The maximum Gasteiger partial charge on any atom is 0.407 e. The van der Waals surface area contributed by atoms with Crippen molar-refractivity contribution in [2.75, 3.05) is 12.3 Å². The third-order valence-electron chi connectivity index (χ3n) is 6.49. The normalized spacial score (nSPS) is 11.9. The van der Waals surface area contributed by atoms with Crippen molar-refractivity contribution in [2.45, 2.75) is 135 Å². The number of carbonyl (C=O) groups is 1. The summed E-state index contributed by atoms with van der Waals surface area (Å²) in [6.07, 6.45) is 22.7. The Morgan fingerprint density at radius 1 is 0.794 bits per heavy atom. The molecule has 196 valence electrons. The summed E-state index contributed by atoms with van der Waals surface area (Å²) in [6.45, 7) is 5.70. The van der Waals surface area contributed by atoms with Crippen LogP contribution in [0.1, 0.15) is 129 Å². The number of unbranched alkanes of at least 4 members (excludes halogenated alkanes) is 13. The monoisotopic (exact) mass is 491 g/mol. The van der Waals surface area contributed by atoms with Crippen LogP contribution in [-0.4, -0.2) is 23.6 Å². The van der Waals surface area contributed by atoms with Gasteiger partial charge in [0.1, 0.15) is 6.61 Å². The molecule has 1 unspecified atom stereocenters. The van der Waals surface area contributed by atoms with Crippen molar-refractivity contribution in [3.05, 3.63) is 35.9 Å². The molecule has 1 N–H and O–H groups in total. The lowest BCUT2D eigenvalue weighted by atomic mass is 10.1. The molecule has 0 saturated carbocycles.